The van der Waals surface area contributed by atoms with E-state index in [2.05, 4.69) is 20.8 Å². The maximum atomic E-state index is 12.7. The summed E-state index contributed by atoms with van der Waals surface area (Å²) < 4.78 is 33.6. The van der Waals surface area contributed by atoms with Crippen LogP contribution in [-0.2, 0) is 19.6 Å². The maximum Gasteiger partial charge on any atom is 0.243 e. The van der Waals surface area contributed by atoms with E-state index < -0.39 is 10.0 Å². The van der Waals surface area contributed by atoms with Gasteiger partial charge < -0.3 is 10.1 Å². The van der Waals surface area contributed by atoms with Gasteiger partial charge in [-0.1, -0.05) is 23.9 Å². The smallest absolute Gasteiger partial charge is 0.243 e. The van der Waals surface area contributed by atoms with E-state index >= 15 is 0 Å². The number of thioether (sulfide) groups is 1. The number of hydrogen-bond acceptors (Lipinski definition) is 8. The lowest BCUT2D eigenvalue weighted by molar-refractivity contribution is -0.113. The highest BCUT2D eigenvalue weighted by Gasteiger charge is 2.26. The predicted molar refractivity (Wildman–Crippen MR) is 119 cm³/mol. The molecule has 4 rings (SSSR count). The van der Waals surface area contributed by atoms with Gasteiger partial charge in [0.05, 0.1) is 29.5 Å². The largest absolute Gasteiger partial charge is 0.379 e. The summed E-state index contributed by atoms with van der Waals surface area (Å²) in [6, 6.07) is 13.9. The Morgan fingerprint density at radius 3 is 2.62 bits per heavy atom. The lowest BCUT2D eigenvalue weighted by Gasteiger charge is -2.26. The molecule has 1 amide bonds. The molecule has 0 aliphatic carbocycles. The predicted octanol–water partition coefficient (Wildman–Crippen LogP) is 1.72. The summed E-state index contributed by atoms with van der Waals surface area (Å²) in [5.41, 5.74) is 2.40. The van der Waals surface area contributed by atoms with Crippen molar-refractivity contribution in [2.75, 3.05) is 37.4 Å². The molecule has 1 saturated heterocycles. The number of morpholine rings is 1. The molecule has 2 heterocycles. The summed E-state index contributed by atoms with van der Waals surface area (Å²) in [7, 11) is -3.57. The number of carbonyl (C=O) groups is 1. The fraction of sp³-hybridized carbons (Fsp3) is 0.300. The van der Waals surface area contributed by atoms with Crippen molar-refractivity contribution in [3.05, 3.63) is 54.1 Å². The minimum absolute atomic E-state index is 0.0972. The first kappa shape index (κ1) is 22.4. The third-order valence-corrected chi connectivity index (χ3v) is 7.60. The summed E-state index contributed by atoms with van der Waals surface area (Å²) >= 11 is 1.21. The molecule has 1 aliphatic rings. The molecule has 0 unspecified atom stereocenters. The van der Waals surface area contributed by atoms with Gasteiger partial charge in [0, 0.05) is 18.8 Å². The number of nitrogens with zero attached hydrogens (tertiary/aromatic N) is 5. The van der Waals surface area contributed by atoms with Crippen molar-refractivity contribution in [3.63, 3.8) is 0 Å². The average molecular weight is 475 g/mol. The van der Waals surface area contributed by atoms with Crippen molar-refractivity contribution in [1.29, 1.82) is 0 Å². The zero-order valence-corrected chi connectivity index (χ0v) is 19.0. The number of ether oxygens (including phenoxy) is 1. The Morgan fingerprint density at radius 2 is 1.91 bits per heavy atom. The highest BCUT2D eigenvalue weighted by Crippen LogP contribution is 2.21. The quantitative estimate of drug-likeness (QED) is 0.514. The number of amides is 1. The molecule has 12 heteroatoms. The number of hydrogen-bond donors (Lipinski definition) is 1. The van der Waals surface area contributed by atoms with Gasteiger partial charge in [-0.05, 0) is 59.3 Å². The molecule has 1 aliphatic heterocycles. The molecular weight excluding hydrogens is 452 g/mol. The first-order valence-electron chi connectivity index (χ1n) is 9.89. The molecule has 2 aromatic carbocycles. The van der Waals surface area contributed by atoms with E-state index in [4.69, 9.17) is 4.74 Å². The average Bonchev–Trinajstić information content (AvgIpc) is 3.27. The van der Waals surface area contributed by atoms with E-state index in [0.717, 1.165) is 11.3 Å². The number of benzene rings is 2. The summed E-state index contributed by atoms with van der Waals surface area (Å²) in [5.74, 6) is -0.155. The van der Waals surface area contributed by atoms with Crippen LogP contribution in [0.15, 0.2) is 58.6 Å². The Morgan fingerprint density at radius 1 is 1.16 bits per heavy atom. The van der Waals surface area contributed by atoms with E-state index in [-0.39, 0.29) is 16.6 Å². The van der Waals surface area contributed by atoms with Gasteiger partial charge in [0.25, 0.3) is 0 Å². The van der Waals surface area contributed by atoms with Crippen LogP contribution < -0.4 is 5.32 Å². The Hall–Kier alpha value is -2.80. The maximum absolute atomic E-state index is 12.7. The van der Waals surface area contributed by atoms with Gasteiger partial charge in [-0.25, -0.2) is 8.42 Å². The Bertz CT molecular complexity index is 1190. The fourth-order valence-electron chi connectivity index (χ4n) is 3.16. The van der Waals surface area contributed by atoms with Crippen LogP contribution in [0, 0.1) is 6.92 Å². The molecule has 10 nitrogen and oxygen atoms in total. The van der Waals surface area contributed by atoms with Gasteiger partial charge >= 0.3 is 0 Å². The molecule has 0 saturated carbocycles. The van der Waals surface area contributed by atoms with Gasteiger partial charge in [0.15, 0.2) is 0 Å². The van der Waals surface area contributed by atoms with Gasteiger partial charge in [-0.2, -0.15) is 8.99 Å². The Kier molecular flexibility index (Phi) is 6.84. The molecule has 168 valence electrons. The Labute approximate surface area is 190 Å². The third-order valence-electron chi connectivity index (χ3n) is 4.77. The summed E-state index contributed by atoms with van der Waals surface area (Å²) in [6.07, 6.45) is 0. The summed E-state index contributed by atoms with van der Waals surface area (Å²) in [6.45, 7) is 3.42. The fourth-order valence-corrected chi connectivity index (χ4v) is 5.26. The molecule has 0 bridgehead atoms. The molecule has 1 N–H and O–H groups in total. The van der Waals surface area contributed by atoms with Gasteiger partial charge in [-0.3, -0.25) is 4.79 Å². The monoisotopic (exact) mass is 474 g/mol. The van der Waals surface area contributed by atoms with Crippen molar-refractivity contribution in [1.82, 2.24) is 24.5 Å². The molecule has 1 aromatic heterocycles. The van der Waals surface area contributed by atoms with Gasteiger partial charge in [0.1, 0.15) is 0 Å². The lowest BCUT2D eigenvalue weighted by Crippen LogP contribution is -2.40. The van der Waals surface area contributed by atoms with Crippen LogP contribution in [0.4, 0.5) is 5.69 Å². The van der Waals surface area contributed by atoms with Crippen molar-refractivity contribution >= 4 is 33.4 Å². The topological polar surface area (TPSA) is 119 Å². The van der Waals surface area contributed by atoms with Crippen LogP contribution in [0.2, 0.25) is 0 Å². The van der Waals surface area contributed by atoms with Crippen molar-refractivity contribution in [2.45, 2.75) is 17.0 Å². The zero-order valence-electron chi connectivity index (χ0n) is 17.3. The van der Waals surface area contributed by atoms with Crippen LogP contribution in [0.1, 0.15) is 5.56 Å². The van der Waals surface area contributed by atoms with Crippen LogP contribution >= 0.6 is 11.8 Å². The second kappa shape index (κ2) is 9.77. The number of anilines is 1. The minimum atomic E-state index is -3.57. The van der Waals surface area contributed by atoms with E-state index in [9.17, 15) is 13.2 Å². The number of aryl methyl sites for hydroxylation is 1. The van der Waals surface area contributed by atoms with Crippen molar-refractivity contribution in [2.24, 2.45) is 0 Å². The third kappa shape index (κ3) is 5.15. The Balaban J connectivity index is 1.36. The summed E-state index contributed by atoms with van der Waals surface area (Å²) in [5, 5.41) is 14.9. The van der Waals surface area contributed by atoms with Crippen LogP contribution in [0.3, 0.4) is 0 Å². The van der Waals surface area contributed by atoms with E-state index in [1.165, 1.54) is 28.2 Å². The lowest BCUT2D eigenvalue weighted by atomic mass is 10.2. The van der Waals surface area contributed by atoms with E-state index in [1.807, 2.05) is 31.2 Å². The molecular formula is C20H22N6O4S2. The molecule has 1 fully saturated rings. The highest BCUT2D eigenvalue weighted by atomic mass is 32.2. The first-order chi connectivity index (χ1) is 15.4. The normalized spacial score (nSPS) is 14.9. The molecule has 0 spiro atoms. The van der Waals surface area contributed by atoms with Gasteiger partial charge in [0.2, 0.25) is 21.1 Å². The van der Waals surface area contributed by atoms with Crippen molar-refractivity contribution in [3.8, 4) is 5.69 Å². The molecule has 0 radical (unpaired) electrons. The minimum Gasteiger partial charge on any atom is -0.379 e. The van der Waals surface area contributed by atoms with Crippen molar-refractivity contribution < 1.29 is 17.9 Å². The molecule has 32 heavy (non-hydrogen) atoms. The van der Waals surface area contributed by atoms with Crippen LogP contribution in [-0.4, -0.2) is 70.9 Å². The number of carbonyl (C=O) groups excluding carboxylic acids is 1. The molecule has 3 aromatic rings. The first-order valence-corrected chi connectivity index (χ1v) is 12.3. The number of nitrogens with one attached hydrogen (secondary N) is 1. The van der Waals surface area contributed by atoms with E-state index in [1.54, 1.807) is 16.8 Å². The van der Waals surface area contributed by atoms with Crippen LogP contribution in [0.25, 0.3) is 5.69 Å². The SMILES string of the molecule is Cc1cccc(-n2nnnc2SCC(=O)Nc2ccc(S(=O)(=O)N3CCOCC3)cc2)c1. The van der Waals surface area contributed by atoms with Crippen LogP contribution in [0.5, 0.6) is 0 Å². The number of aromatic nitrogens is 4. The second-order valence-electron chi connectivity index (χ2n) is 7.09. The molecule has 0 atom stereocenters. The number of tetrazole rings is 1. The highest BCUT2D eigenvalue weighted by molar-refractivity contribution is 7.99. The number of rotatable bonds is 7. The van der Waals surface area contributed by atoms with Gasteiger partial charge in [-0.15, -0.1) is 5.10 Å². The number of sulfonamides is 1. The van der Waals surface area contributed by atoms with E-state index in [0.29, 0.717) is 37.1 Å². The summed E-state index contributed by atoms with van der Waals surface area (Å²) in [4.78, 5) is 12.6. The zero-order chi connectivity index (χ0) is 22.6. The second-order valence-corrected chi connectivity index (χ2v) is 9.97. The standard InChI is InChI=1S/C20H22N6O4S2/c1-15-3-2-4-17(13-15)26-20(22-23-24-26)31-14-19(27)21-16-5-7-18(8-6-16)32(28,29)25-9-11-30-12-10-25/h2-8,13H,9-12,14H2,1H3,(H,21,27).